The topological polar surface area (TPSA) is 114 Å². The van der Waals surface area contributed by atoms with Crippen LogP contribution in [0, 0.1) is 10.1 Å². The summed E-state index contributed by atoms with van der Waals surface area (Å²) < 4.78 is 0. The van der Waals surface area contributed by atoms with E-state index in [9.17, 15) is 19.7 Å². The lowest BCUT2D eigenvalue weighted by Crippen LogP contribution is -2.15. The molecule has 0 aliphatic heterocycles. The number of nitrogens with zero attached hydrogens (tertiary/aromatic N) is 2. The van der Waals surface area contributed by atoms with Gasteiger partial charge in [-0.3, -0.25) is 19.7 Å². The summed E-state index contributed by atoms with van der Waals surface area (Å²) in [5.41, 5.74) is 0.529. The fraction of sp³-hybridized carbons (Fsp3) is 0.0500. The number of carbonyl (C=O) groups excluding carboxylic acids is 2. The molecule has 2 amide bonds. The van der Waals surface area contributed by atoms with Gasteiger partial charge in [0.05, 0.1) is 15.7 Å². The number of rotatable bonds is 7. The molecule has 152 valence electrons. The molecule has 8 nitrogen and oxygen atoms in total. The average molecular weight is 443 g/mol. The lowest BCUT2D eigenvalue weighted by Gasteiger charge is -2.08. The first-order chi connectivity index (χ1) is 14.4. The van der Waals surface area contributed by atoms with Crippen molar-refractivity contribution in [2.45, 2.75) is 4.90 Å². The highest BCUT2D eigenvalue weighted by atomic mass is 35.5. The van der Waals surface area contributed by atoms with Crippen LogP contribution in [0.2, 0.25) is 5.02 Å². The smallest absolute Gasteiger partial charge is 0.270 e. The van der Waals surface area contributed by atoms with Gasteiger partial charge in [0.1, 0.15) is 5.82 Å². The first kappa shape index (κ1) is 21.3. The second kappa shape index (κ2) is 9.86. The van der Waals surface area contributed by atoms with Crippen LogP contribution in [-0.2, 0) is 4.79 Å². The summed E-state index contributed by atoms with van der Waals surface area (Å²) in [5, 5.41) is 16.7. The van der Waals surface area contributed by atoms with E-state index >= 15 is 0 Å². The Kier molecular flexibility index (Phi) is 6.99. The van der Waals surface area contributed by atoms with Crippen LogP contribution in [-0.4, -0.2) is 27.5 Å². The lowest BCUT2D eigenvalue weighted by molar-refractivity contribution is -0.384. The fourth-order valence-electron chi connectivity index (χ4n) is 2.41. The molecule has 0 aliphatic rings. The molecule has 0 atom stereocenters. The van der Waals surface area contributed by atoms with Crippen LogP contribution in [0.4, 0.5) is 17.2 Å². The molecule has 3 aromatic rings. The molecule has 10 heteroatoms. The number of anilines is 2. The molecule has 0 unspecified atom stereocenters. The third kappa shape index (κ3) is 6.03. The van der Waals surface area contributed by atoms with E-state index in [2.05, 4.69) is 15.6 Å². The molecular formula is C20H15ClN4O4S. The molecule has 3 rings (SSSR count). The molecular weight excluding hydrogens is 428 g/mol. The minimum absolute atomic E-state index is 0.145. The maximum absolute atomic E-state index is 12.4. The van der Waals surface area contributed by atoms with Crippen LogP contribution in [0.1, 0.15) is 10.4 Å². The number of pyridine rings is 1. The van der Waals surface area contributed by atoms with Crippen molar-refractivity contribution in [2.75, 3.05) is 16.4 Å². The molecule has 0 bridgehead atoms. The van der Waals surface area contributed by atoms with Gasteiger partial charge >= 0.3 is 0 Å². The largest absolute Gasteiger partial charge is 0.322 e. The van der Waals surface area contributed by atoms with Gasteiger partial charge in [0.25, 0.3) is 11.6 Å². The Bertz CT molecular complexity index is 1090. The molecule has 1 heterocycles. The maximum atomic E-state index is 12.4. The number of carbonyl (C=O) groups is 2. The molecule has 0 aliphatic carbocycles. The summed E-state index contributed by atoms with van der Waals surface area (Å²) >= 11 is 7.05. The quantitative estimate of drug-likeness (QED) is 0.313. The zero-order valence-corrected chi connectivity index (χ0v) is 16.9. The van der Waals surface area contributed by atoms with Crippen LogP contribution in [0.5, 0.6) is 0 Å². The molecule has 0 saturated heterocycles. The zero-order valence-electron chi connectivity index (χ0n) is 15.4. The van der Waals surface area contributed by atoms with E-state index in [0.29, 0.717) is 16.5 Å². The van der Waals surface area contributed by atoms with Gasteiger partial charge in [-0.2, -0.15) is 0 Å². The third-order valence-corrected chi connectivity index (χ3v) is 4.99. The Morgan fingerprint density at radius 2 is 1.87 bits per heavy atom. The SMILES string of the molecule is O=C(CSc1cccc(NC(=O)c2cccc([N+](=O)[O-])c2)c1)Nc1ccc(Cl)cn1. The predicted octanol–water partition coefficient (Wildman–Crippen LogP) is 4.63. The van der Waals surface area contributed by atoms with Crippen LogP contribution >= 0.6 is 23.4 Å². The van der Waals surface area contributed by atoms with Crippen molar-refractivity contribution >= 4 is 52.4 Å². The predicted molar refractivity (Wildman–Crippen MR) is 116 cm³/mol. The highest BCUT2D eigenvalue weighted by Gasteiger charge is 2.12. The third-order valence-electron chi connectivity index (χ3n) is 3.78. The molecule has 0 spiro atoms. The monoisotopic (exact) mass is 442 g/mol. The first-order valence-corrected chi connectivity index (χ1v) is 9.97. The number of nitro groups is 1. The molecule has 0 radical (unpaired) electrons. The van der Waals surface area contributed by atoms with Crippen molar-refractivity contribution in [1.82, 2.24) is 4.98 Å². The van der Waals surface area contributed by atoms with E-state index in [1.54, 1.807) is 30.3 Å². The van der Waals surface area contributed by atoms with E-state index in [-0.39, 0.29) is 22.9 Å². The Hall–Kier alpha value is -3.43. The van der Waals surface area contributed by atoms with Gasteiger partial charge in [-0.15, -0.1) is 11.8 Å². The Morgan fingerprint density at radius 3 is 2.60 bits per heavy atom. The van der Waals surface area contributed by atoms with E-state index in [0.717, 1.165) is 4.90 Å². The summed E-state index contributed by atoms with van der Waals surface area (Å²) in [5.74, 6) is -0.150. The van der Waals surface area contributed by atoms with Crippen molar-refractivity contribution in [3.8, 4) is 0 Å². The van der Waals surface area contributed by atoms with Gasteiger partial charge in [-0.05, 0) is 36.4 Å². The van der Waals surface area contributed by atoms with E-state index < -0.39 is 10.8 Å². The van der Waals surface area contributed by atoms with E-state index in [4.69, 9.17) is 11.6 Å². The molecule has 2 N–H and O–H groups in total. The van der Waals surface area contributed by atoms with Gasteiger partial charge in [-0.25, -0.2) is 4.98 Å². The summed E-state index contributed by atoms with van der Waals surface area (Å²) in [6.45, 7) is 0. The highest BCUT2D eigenvalue weighted by Crippen LogP contribution is 2.23. The number of non-ortho nitro benzene ring substituents is 1. The van der Waals surface area contributed by atoms with Crippen molar-refractivity contribution < 1.29 is 14.5 Å². The summed E-state index contributed by atoms with van der Waals surface area (Å²) in [6.07, 6.45) is 1.44. The summed E-state index contributed by atoms with van der Waals surface area (Å²) in [4.78, 5) is 39.5. The lowest BCUT2D eigenvalue weighted by atomic mass is 10.2. The number of hydrogen-bond acceptors (Lipinski definition) is 6. The van der Waals surface area contributed by atoms with Crippen LogP contribution < -0.4 is 10.6 Å². The molecule has 30 heavy (non-hydrogen) atoms. The number of halogens is 1. The van der Waals surface area contributed by atoms with Crippen LogP contribution in [0.25, 0.3) is 0 Å². The van der Waals surface area contributed by atoms with Gasteiger partial charge in [0.15, 0.2) is 0 Å². The maximum Gasteiger partial charge on any atom is 0.270 e. The minimum atomic E-state index is -0.557. The normalized spacial score (nSPS) is 10.3. The van der Waals surface area contributed by atoms with Crippen LogP contribution in [0.3, 0.4) is 0 Å². The van der Waals surface area contributed by atoms with Crippen molar-refractivity contribution in [2.24, 2.45) is 0 Å². The average Bonchev–Trinajstić information content (AvgIpc) is 2.74. The Morgan fingerprint density at radius 1 is 1.07 bits per heavy atom. The van der Waals surface area contributed by atoms with E-state index in [1.807, 2.05) is 6.07 Å². The molecule has 0 saturated carbocycles. The van der Waals surface area contributed by atoms with E-state index in [1.165, 1.54) is 42.2 Å². The zero-order chi connectivity index (χ0) is 21.5. The second-order valence-electron chi connectivity index (χ2n) is 5.99. The first-order valence-electron chi connectivity index (χ1n) is 8.61. The minimum Gasteiger partial charge on any atom is -0.322 e. The number of nitrogens with one attached hydrogen (secondary N) is 2. The fourth-order valence-corrected chi connectivity index (χ4v) is 3.27. The Balaban J connectivity index is 1.58. The number of amides is 2. The molecule has 1 aromatic heterocycles. The number of aromatic nitrogens is 1. The van der Waals surface area contributed by atoms with Gasteiger partial charge in [0.2, 0.25) is 5.91 Å². The van der Waals surface area contributed by atoms with Crippen molar-refractivity contribution in [3.05, 3.63) is 87.6 Å². The number of nitro benzene ring substituents is 1. The summed E-state index contributed by atoms with van der Waals surface area (Å²) in [7, 11) is 0. The van der Waals surface area contributed by atoms with Gasteiger partial charge in [0, 0.05) is 34.5 Å². The van der Waals surface area contributed by atoms with Crippen molar-refractivity contribution in [3.63, 3.8) is 0 Å². The Labute approximate surface area is 180 Å². The van der Waals surface area contributed by atoms with Crippen LogP contribution in [0.15, 0.2) is 71.8 Å². The molecule has 0 fully saturated rings. The second-order valence-corrected chi connectivity index (χ2v) is 7.47. The number of benzene rings is 2. The summed E-state index contributed by atoms with van der Waals surface area (Å²) in [6, 6.07) is 15.7. The number of hydrogen-bond donors (Lipinski definition) is 2. The molecule has 2 aromatic carbocycles. The highest BCUT2D eigenvalue weighted by molar-refractivity contribution is 8.00. The number of thioether (sulfide) groups is 1. The standard InChI is InChI=1S/C20H15ClN4O4S/c21-14-7-8-18(22-11-14)24-19(26)12-30-17-6-2-4-15(10-17)23-20(27)13-3-1-5-16(9-13)25(28)29/h1-11H,12H2,(H,23,27)(H,22,24,26). The van der Waals surface area contributed by atoms with Gasteiger partial charge < -0.3 is 10.6 Å². The van der Waals surface area contributed by atoms with Gasteiger partial charge in [-0.1, -0.05) is 23.7 Å². The van der Waals surface area contributed by atoms with Crippen molar-refractivity contribution in [1.29, 1.82) is 0 Å².